The molecular weight excluding hydrogens is 328 g/mol. The number of non-ortho nitro benzene ring substituents is 1. The van der Waals surface area contributed by atoms with Gasteiger partial charge in [0, 0.05) is 12.1 Å². The summed E-state index contributed by atoms with van der Waals surface area (Å²) in [5.74, 6) is 0.160. The van der Waals surface area contributed by atoms with Crippen LogP contribution in [0.5, 0.6) is 11.6 Å². The second kappa shape index (κ2) is 6.40. The summed E-state index contributed by atoms with van der Waals surface area (Å²) in [5.41, 5.74) is 0.498. The van der Waals surface area contributed by atoms with Gasteiger partial charge >= 0.3 is 5.69 Å². The molecule has 3 rings (SSSR count). The quantitative estimate of drug-likeness (QED) is 0.516. The zero-order chi connectivity index (χ0) is 18.0. The molecule has 0 amide bonds. The van der Waals surface area contributed by atoms with Gasteiger partial charge in [-0.25, -0.2) is 4.68 Å². The van der Waals surface area contributed by atoms with Crippen LogP contribution in [-0.2, 0) is 0 Å². The topological polar surface area (TPSA) is 113 Å². The van der Waals surface area contributed by atoms with Gasteiger partial charge in [-0.15, -0.1) is 0 Å². The van der Waals surface area contributed by atoms with E-state index >= 15 is 0 Å². The summed E-state index contributed by atoms with van der Waals surface area (Å²) in [4.78, 5) is 20.6. The van der Waals surface area contributed by atoms with E-state index < -0.39 is 15.5 Å². The number of aryl methyl sites for hydroxylation is 1. The lowest BCUT2D eigenvalue weighted by Crippen LogP contribution is -2.01. The van der Waals surface area contributed by atoms with Crippen LogP contribution in [-0.4, -0.2) is 19.6 Å². The number of aromatic nitrogens is 2. The molecule has 0 saturated heterocycles. The minimum atomic E-state index is -0.724. The fourth-order valence-electron chi connectivity index (χ4n) is 2.26. The van der Waals surface area contributed by atoms with E-state index in [0.29, 0.717) is 5.69 Å². The Balaban J connectivity index is 2.04. The Bertz CT molecular complexity index is 952. The molecule has 0 spiro atoms. The van der Waals surface area contributed by atoms with Gasteiger partial charge in [0.1, 0.15) is 0 Å². The van der Waals surface area contributed by atoms with E-state index in [1.165, 1.54) is 10.7 Å². The predicted molar refractivity (Wildman–Crippen MR) is 88.1 cm³/mol. The van der Waals surface area contributed by atoms with Crippen LogP contribution in [0.4, 0.5) is 11.4 Å². The van der Waals surface area contributed by atoms with Gasteiger partial charge in [-0.2, -0.15) is 5.10 Å². The van der Waals surface area contributed by atoms with Gasteiger partial charge in [0.05, 0.1) is 27.3 Å². The lowest BCUT2D eigenvalue weighted by atomic mass is 10.2. The summed E-state index contributed by atoms with van der Waals surface area (Å²) >= 11 is 0. The van der Waals surface area contributed by atoms with Gasteiger partial charge < -0.3 is 4.74 Å². The average Bonchev–Trinajstić information content (AvgIpc) is 2.96. The number of nitro benzene ring substituents is 2. The Morgan fingerprint density at radius 1 is 1.00 bits per heavy atom. The van der Waals surface area contributed by atoms with Crippen molar-refractivity contribution in [3.63, 3.8) is 0 Å². The van der Waals surface area contributed by atoms with E-state index in [2.05, 4.69) is 5.10 Å². The van der Waals surface area contributed by atoms with Crippen molar-refractivity contribution in [2.45, 2.75) is 6.92 Å². The number of nitro groups is 2. The lowest BCUT2D eigenvalue weighted by molar-refractivity contribution is -0.394. The number of benzene rings is 2. The van der Waals surface area contributed by atoms with Crippen LogP contribution in [0, 0.1) is 27.2 Å². The third-order valence-corrected chi connectivity index (χ3v) is 3.36. The molecule has 0 aliphatic carbocycles. The number of ether oxygens (including phenoxy) is 1. The molecule has 0 saturated carbocycles. The van der Waals surface area contributed by atoms with E-state index in [1.54, 1.807) is 13.0 Å². The van der Waals surface area contributed by atoms with Crippen molar-refractivity contribution >= 4 is 11.4 Å². The van der Waals surface area contributed by atoms with Crippen LogP contribution in [0.1, 0.15) is 5.69 Å². The fraction of sp³-hybridized carbons (Fsp3) is 0.0625. The van der Waals surface area contributed by atoms with E-state index in [0.717, 1.165) is 17.8 Å². The zero-order valence-corrected chi connectivity index (χ0v) is 13.0. The van der Waals surface area contributed by atoms with Gasteiger partial charge in [-0.05, 0) is 25.1 Å². The second-order valence-electron chi connectivity index (χ2n) is 5.14. The number of rotatable bonds is 5. The molecular formula is C16H12N4O5. The molecule has 126 valence electrons. The molecule has 9 heteroatoms. The van der Waals surface area contributed by atoms with Crippen LogP contribution in [0.15, 0.2) is 54.6 Å². The van der Waals surface area contributed by atoms with Crippen molar-refractivity contribution in [1.82, 2.24) is 9.78 Å². The molecule has 0 N–H and O–H groups in total. The second-order valence-corrected chi connectivity index (χ2v) is 5.14. The van der Waals surface area contributed by atoms with Gasteiger partial charge in [0.2, 0.25) is 11.6 Å². The molecule has 0 unspecified atom stereocenters. The first-order valence-electron chi connectivity index (χ1n) is 7.18. The molecule has 25 heavy (non-hydrogen) atoms. The first kappa shape index (κ1) is 16.1. The fourth-order valence-corrected chi connectivity index (χ4v) is 2.26. The van der Waals surface area contributed by atoms with Crippen LogP contribution in [0.25, 0.3) is 5.69 Å². The monoisotopic (exact) mass is 340 g/mol. The van der Waals surface area contributed by atoms with Crippen molar-refractivity contribution < 1.29 is 14.6 Å². The number of hydrogen-bond acceptors (Lipinski definition) is 6. The van der Waals surface area contributed by atoms with Crippen molar-refractivity contribution in [2.24, 2.45) is 0 Å². The van der Waals surface area contributed by atoms with Crippen LogP contribution in [0.3, 0.4) is 0 Å². The Morgan fingerprint density at radius 3 is 2.36 bits per heavy atom. The summed E-state index contributed by atoms with van der Waals surface area (Å²) in [5, 5.41) is 26.4. The Kier molecular flexibility index (Phi) is 4.12. The third kappa shape index (κ3) is 3.29. The van der Waals surface area contributed by atoms with Crippen LogP contribution in [0.2, 0.25) is 0 Å². The van der Waals surface area contributed by atoms with Crippen molar-refractivity contribution in [3.05, 3.63) is 80.5 Å². The van der Waals surface area contributed by atoms with Gasteiger partial charge in [-0.1, -0.05) is 18.2 Å². The van der Waals surface area contributed by atoms with E-state index in [9.17, 15) is 20.2 Å². The molecule has 2 aromatic carbocycles. The minimum Gasteiger partial charge on any atom is -0.432 e. The first-order chi connectivity index (χ1) is 12.0. The molecule has 9 nitrogen and oxygen atoms in total. The summed E-state index contributed by atoms with van der Waals surface area (Å²) in [7, 11) is 0. The number of nitrogens with zero attached hydrogens (tertiary/aromatic N) is 4. The lowest BCUT2D eigenvalue weighted by Gasteiger charge is -2.09. The molecule has 0 atom stereocenters. The highest BCUT2D eigenvalue weighted by Crippen LogP contribution is 2.35. The number of para-hydroxylation sites is 1. The van der Waals surface area contributed by atoms with E-state index in [1.807, 2.05) is 30.3 Å². The molecule has 0 aliphatic rings. The Labute approximate surface area is 141 Å². The highest BCUT2D eigenvalue weighted by molar-refractivity contribution is 5.54. The van der Waals surface area contributed by atoms with E-state index in [-0.39, 0.29) is 17.3 Å². The standard InChI is InChI=1S/C16H12N4O5/c1-11-9-16(18(17-11)12-5-3-2-4-6-12)25-15-8-7-13(19(21)22)10-14(15)20(23)24/h2-10H,1H3. The highest BCUT2D eigenvalue weighted by atomic mass is 16.6. The van der Waals surface area contributed by atoms with Gasteiger partial charge in [0.15, 0.2) is 0 Å². The Hall–Kier alpha value is -3.75. The average molecular weight is 340 g/mol. The molecule has 1 heterocycles. The Morgan fingerprint density at radius 2 is 1.72 bits per heavy atom. The van der Waals surface area contributed by atoms with Crippen LogP contribution < -0.4 is 4.74 Å². The summed E-state index contributed by atoms with van der Waals surface area (Å²) in [6.45, 7) is 1.76. The van der Waals surface area contributed by atoms with E-state index in [4.69, 9.17) is 4.74 Å². The maximum absolute atomic E-state index is 11.2. The summed E-state index contributed by atoms with van der Waals surface area (Å²) < 4.78 is 7.15. The maximum atomic E-state index is 11.2. The largest absolute Gasteiger partial charge is 0.432 e. The summed E-state index contributed by atoms with van der Waals surface area (Å²) in [6, 6.07) is 14.0. The summed E-state index contributed by atoms with van der Waals surface area (Å²) in [6.07, 6.45) is 0. The highest BCUT2D eigenvalue weighted by Gasteiger charge is 2.22. The zero-order valence-electron chi connectivity index (χ0n) is 13.0. The normalized spacial score (nSPS) is 10.4. The first-order valence-corrected chi connectivity index (χ1v) is 7.18. The molecule has 0 aliphatic heterocycles. The molecule has 0 bridgehead atoms. The van der Waals surface area contributed by atoms with Crippen LogP contribution >= 0.6 is 0 Å². The molecule has 0 radical (unpaired) electrons. The SMILES string of the molecule is Cc1cc(Oc2ccc([N+](=O)[O-])cc2[N+](=O)[O-])n(-c2ccccc2)n1. The molecule has 0 fully saturated rings. The smallest absolute Gasteiger partial charge is 0.318 e. The molecule has 3 aromatic rings. The van der Waals surface area contributed by atoms with Crippen molar-refractivity contribution in [1.29, 1.82) is 0 Å². The maximum Gasteiger partial charge on any atom is 0.318 e. The van der Waals surface area contributed by atoms with Crippen molar-refractivity contribution in [2.75, 3.05) is 0 Å². The van der Waals surface area contributed by atoms with Gasteiger partial charge in [-0.3, -0.25) is 20.2 Å². The third-order valence-electron chi connectivity index (χ3n) is 3.36. The predicted octanol–water partition coefficient (Wildman–Crippen LogP) is 3.79. The van der Waals surface area contributed by atoms with Gasteiger partial charge in [0.25, 0.3) is 5.69 Å². The molecule has 1 aromatic heterocycles. The number of hydrogen-bond donors (Lipinski definition) is 0. The minimum absolute atomic E-state index is 0.104. The van der Waals surface area contributed by atoms with Crippen molar-refractivity contribution in [3.8, 4) is 17.3 Å².